The second kappa shape index (κ2) is 6.17. The first-order chi connectivity index (χ1) is 8.28. The number of hydrogen-bond donors (Lipinski definition) is 1. The molecule has 0 aliphatic carbocycles. The molecule has 0 radical (unpaired) electrons. The van der Waals surface area contributed by atoms with Crippen molar-refractivity contribution in [3.8, 4) is 0 Å². The number of hydrogen-bond acceptors (Lipinski definition) is 3. The molecule has 4 nitrogen and oxygen atoms in total. The molecule has 104 valence electrons. The Kier molecular flexibility index (Phi) is 5.13. The normalized spacial score (nSPS) is 21.7. The Balaban J connectivity index is 2.33. The summed E-state index contributed by atoms with van der Waals surface area (Å²) in [5, 5.41) is 1.82. The molecule has 1 aliphatic rings. The number of amides is 1. The summed E-state index contributed by atoms with van der Waals surface area (Å²) in [6.45, 7) is 1.20. The lowest BCUT2D eigenvalue weighted by Gasteiger charge is -2.30. The standard InChI is InChI=1S/C11H17F3N2O2/c1-8(17)9-3-2-4-16(5-9)6-10(18)15-7-11(12,13)14/h9H,2-7H2,1H3,(H,15,18). The minimum Gasteiger partial charge on any atom is -0.346 e. The van der Waals surface area contributed by atoms with Gasteiger partial charge < -0.3 is 5.32 Å². The molecule has 1 saturated heterocycles. The molecule has 0 aromatic heterocycles. The van der Waals surface area contributed by atoms with Gasteiger partial charge in [-0.05, 0) is 26.3 Å². The molecule has 1 aliphatic heterocycles. The SMILES string of the molecule is CC(=O)C1CCCN(CC(=O)NCC(F)(F)F)C1. The maximum absolute atomic E-state index is 11.9. The summed E-state index contributed by atoms with van der Waals surface area (Å²) >= 11 is 0. The first kappa shape index (κ1) is 14.9. The smallest absolute Gasteiger partial charge is 0.346 e. The van der Waals surface area contributed by atoms with E-state index < -0.39 is 18.6 Å². The molecule has 0 aromatic carbocycles. The quantitative estimate of drug-likeness (QED) is 0.824. The highest BCUT2D eigenvalue weighted by Gasteiger charge is 2.29. The highest BCUT2D eigenvalue weighted by atomic mass is 19.4. The number of carbonyl (C=O) groups excluding carboxylic acids is 2. The molecule has 1 unspecified atom stereocenters. The summed E-state index contributed by atoms with van der Waals surface area (Å²) in [6.07, 6.45) is -2.81. The Morgan fingerprint density at radius 3 is 2.61 bits per heavy atom. The van der Waals surface area contributed by atoms with Crippen LogP contribution >= 0.6 is 0 Å². The third-order valence-electron chi connectivity index (χ3n) is 2.93. The fraction of sp³-hybridized carbons (Fsp3) is 0.818. The molecule has 0 saturated carbocycles. The van der Waals surface area contributed by atoms with Crippen LogP contribution in [0.25, 0.3) is 0 Å². The Bertz CT molecular complexity index is 318. The number of alkyl halides is 3. The van der Waals surface area contributed by atoms with E-state index in [0.29, 0.717) is 13.1 Å². The van der Waals surface area contributed by atoms with E-state index in [4.69, 9.17) is 0 Å². The largest absolute Gasteiger partial charge is 0.405 e. The minimum atomic E-state index is -4.39. The summed E-state index contributed by atoms with van der Waals surface area (Å²) in [5.74, 6) is -0.693. The minimum absolute atomic E-state index is 0.0652. The monoisotopic (exact) mass is 266 g/mol. The number of Topliss-reactive ketones (excluding diaryl/α,β-unsaturated/α-hetero) is 1. The van der Waals surface area contributed by atoms with Gasteiger partial charge >= 0.3 is 6.18 Å². The van der Waals surface area contributed by atoms with Crippen LogP contribution in [0, 0.1) is 5.92 Å². The predicted octanol–water partition coefficient (Wildman–Crippen LogP) is 0.966. The van der Waals surface area contributed by atoms with Gasteiger partial charge in [0.2, 0.25) is 5.91 Å². The van der Waals surface area contributed by atoms with E-state index in [2.05, 4.69) is 0 Å². The lowest BCUT2D eigenvalue weighted by molar-refractivity contribution is -0.139. The molecule has 0 spiro atoms. The van der Waals surface area contributed by atoms with Gasteiger partial charge in [-0.3, -0.25) is 14.5 Å². The molecule has 1 rings (SSSR count). The molecule has 1 fully saturated rings. The zero-order chi connectivity index (χ0) is 13.8. The van der Waals surface area contributed by atoms with Crippen LogP contribution in [0.3, 0.4) is 0 Å². The Morgan fingerprint density at radius 2 is 2.06 bits per heavy atom. The summed E-state index contributed by atoms with van der Waals surface area (Å²) in [4.78, 5) is 24.2. The highest BCUT2D eigenvalue weighted by molar-refractivity contribution is 5.79. The number of rotatable bonds is 4. The van der Waals surface area contributed by atoms with Crippen LogP contribution in [-0.2, 0) is 9.59 Å². The number of nitrogens with one attached hydrogen (secondary N) is 1. The van der Waals surface area contributed by atoms with Crippen LogP contribution in [-0.4, -0.2) is 48.9 Å². The number of ketones is 1. The summed E-state index contributed by atoms with van der Waals surface area (Å²) in [7, 11) is 0. The van der Waals surface area contributed by atoms with E-state index in [1.54, 1.807) is 4.90 Å². The summed E-state index contributed by atoms with van der Waals surface area (Å²) < 4.78 is 35.7. The lowest BCUT2D eigenvalue weighted by Crippen LogP contribution is -2.45. The van der Waals surface area contributed by atoms with Crippen molar-refractivity contribution in [1.82, 2.24) is 10.2 Å². The van der Waals surface area contributed by atoms with Gasteiger partial charge in [0.1, 0.15) is 12.3 Å². The third-order valence-corrected chi connectivity index (χ3v) is 2.93. The van der Waals surface area contributed by atoms with Crippen molar-refractivity contribution in [2.75, 3.05) is 26.2 Å². The van der Waals surface area contributed by atoms with Gasteiger partial charge in [0.05, 0.1) is 6.54 Å². The van der Waals surface area contributed by atoms with Gasteiger partial charge in [0.15, 0.2) is 0 Å². The average molecular weight is 266 g/mol. The lowest BCUT2D eigenvalue weighted by atomic mass is 9.95. The fourth-order valence-electron chi connectivity index (χ4n) is 1.99. The maximum Gasteiger partial charge on any atom is 0.405 e. The number of likely N-dealkylation sites (tertiary alicyclic amines) is 1. The molecule has 7 heteroatoms. The van der Waals surface area contributed by atoms with Crippen molar-refractivity contribution in [3.05, 3.63) is 0 Å². The number of carbonyl (C=O) groups is 2. The van der Waals surface area contributed by atoms with Crippen molar-refractivity contribution in [2.24, 2.45) is 5.92 Å². The Morgan fingerprint density at radius 1 is 1.39 bits per heavy atom. The van der Waals surface area contributed by atoms with E-state index in [0.717, 1.165) is 12.8 Å². The molecule has 1 amide bonds. The molecular formula is C11H17F3N2O2. The van der Waals surface area contributed by atoms with E-state index in [9.17, 15) is 22.8 Å². The van der Waals surface area contributed by atoms with Gasteiger partial charge in [0, 0.05) is 12.5 Å². The van der Waals surface area contributed by atoms with E-state index in [1.807, 2.05) is 5.32 Å². The van der Waals surface area contributed by atoms with Crippen molar-refractivity contribution in [2.45, 2.75) is 25.9 Å². The van der Waals surface area contributed by atoms with Crippen molar-refractivity contribution in [3.63, 3.8) is 0 Å². The number of halogens is 3. The molecule has 1 N–H and O–H groups in total. The predicted molar refractivity (Wildman–Crippen MR) is 58.9 cm³/mol. The van der Waals surface area contributed by atoms with Gasteiger partial charge in [-0.25, -0.2) is 0 Å². The zero-order valence-corrected chi connectivity index (χ0v) is 10.2. The number of nitrogens with zero attached hydrogens (tertiary/aromatic N) is 1. The van der Waals surface area contributed by atoms with Crippen LogP contribution in [0.15, 0.2) is 0 Å². The van der Waals surface area contributed by atoms with Crippen molar-refractivity contribution in [1.29, 1.82) is 0 Å². The van der Waals surface area contributed by atoms with Gasteiger partial charge in [0.25, 0.3) is 0 Å². The van der Waals surface area contributed by atoms with Crippen LogP contribution in [0.1, 0.15) is 19.8 Å². The molecule has 18 heavy (non-hydrogen) atoms. The molecule has 0 bridgehead atoms. The van der Waals surface area contributed by atoms with Gasteiger partial charge in [-0.1, -0.05) is 0 Å². The number of piperidine rings is 1. The van der Waals surface area contributed by atoms with Gasteiger partial charge in [-0.2, -0.15) is 13.2 Å². The first-order valence-corrected chi connectivity index (χ1v) is 5.84. The van der Waals surface area contributed by atoms with Crippen LogP contribution in [0.4, 0.5) is 13.2 Å². The van der Waals surface area contributed by atoms with Crippen molar-refractivity contribution >= 4 is 11.7 Å². The van der Waals surface area contributed by atoms with Crippen LogP contribution in [0.2, 0.25) is 0 Å². The van der Waals surface area contributed by atoms with Crippen LogP contribution < -0.4 is 5.32 Å². The highest BCUT2D eigenvalue weighted by Crippen LogP contribution is 2.17. The Labute approximate surface area is 104 Å². The fourth-order valence-corrected chi connectivity index (χ4v) is 1.99. The second-order valence-electron chi connectivity index (χ2n) is 4.58. The Hall–Kier alpha value is -1.11. The van der Waals surface area contributed by atoms with Gasteiger partial charge in [-0.15, -0.1) is 0 Å². The average Bonchev–Trinajstić information content (AvgIpc) is 2.26. The van der Waals surface area contributed by atoms with E-state index >= 15 is 0 Å². The first-order valence-electron chi connectivity index (χ1n) is 5.84. The molecule has 1 heterocycles. The zero-order valence-electron chi connectivity index (χ0n) is 10.2. The molecule has 1 atom stereocenters. The van der Waals surface area contributed by atoms with Crippen LogP contribution in [0.5, 0.6) is 0 Å². The van der Waals surface area contributed by atoms with Crippen molar-refractivity contribution < 1.29 is 22.8 Å². The van der Waals surface area contributed by atoms with E-state index in [-0.39, 0.29) is 18.2 Å². The maximum atomic E-state index is 11.9. The molecule has 0 aromatic rings. The third kappa shape index (κ3) is 5.48. The van der Waals surface area contributed by atoms with E-state index in [1.165, 1.54) is 6.92 Å². The molecular weight excluding hydrogens is 249 g/mol. The second-order valence-corrected chi connectivity index (χ2v) is 4.58. The summed E-state index contributed by atoms with van der Waals surface area (Å²) in [5.41, 5.74) is 0. The topological polar surface area (TPSA) is 49.4 Å². The summed E-state index contributed by atoms with van der Waals surface area (Å²) in [6, 6.07) is 0.